The van der Waals surface area contributed by atoms with Crippen molar-refractivity contribution in [2.24, 2.45) is 0 Å². The number of aromatic nitrogens is 2. The van der Waals surface area contributed by atoms with Gasteiger partial charge in [0, 0.05) is 17.8 Å². The highest BCUT2D eigenvalue weighted by Gasteiger charge is 2.17. The summed E-state index contributed by atoms with van der Waals surface area (Å²) in [5.41, 5.74) is 1.45. The van der Waals surface area contributed by atoms with Gasteiger partial charge in [0.25, 0.3) is 0 Å². The molecule has 0 bridgehead atoms. The molecule has 1 N–H and O–H groups in total. The van der Waals surface area contributed by atoms with Crippen LogP contribution in [0.4, 0.5) is 0 Å². The molecule has 0 radical (unpaired) electrons. The summed E-state index contributed by atoms with van der Waals surface area (Å²) < 4.78 is 5.73. The van der Waals surface area contributed by atoms with E-state index < -0.39 is 5.97 Å². The highest BCUT2D eigenvalue weighted by atomic mass is 16.5. The maximum atomic E-state index is 11.4. The van der Waals surface area contributed by atoms with E-state index in [0.29, 0.717) is 11.3 Å². The minimum absolute atomic E-state index is 0.0680. The Labute approximate surface area is 120 Å². The van der Waals surface area contributed by atoms with Gasteiger partial charge in [-0.3, -0.25) is 4.98 Å². The molecule has 104 valence electrons. The van der Waals surface area contributed by atoms with Gasteiger partial charge in [0.15, 0.2) is 0 Å². The van der Waals surface area contributed by atoms with Crippen LogP contribution in [0.2, 0.25) is 0 Å². The lowest BCUT2D eigenvalue weighted by molar-refractivity contribution is 0.0692. The van der Waals surface area contributed by atoms with Crippen LogP contribution in [0.15, 0.2) is 48.8 Å². The molecule has 0 aliphatic heterocycles. The number of hydrogen-bond donors (Lipinski definition) is 1. The maximum Gasteiger partial charge on any atom is 0.341 e. The van der Waals surface area contributed by atoms with Crippen LogP contribution in [0.3, 0.4) is 0 Å². The molecular formula is C16H12N2O3. The van der Waals surface area contributed by atoms with Crippen molar-refractivity contribution in [2.75, 3.05) is 0 Å². The first-order valence-corrected chi connectivity index (χ1v) is 6.37. The monoisotopic (exact) mass is 280 g/mol. The Hall–Kier alpha value is -2.95. The van der Waals surface area contributed by atoms with Crippen LogP contribution in [-0.2, 0) is 0 Å². The summed E-state index contributed by atoms with van der Waals surface area (Å²) in [6.07, 6.45) is 3.22. The molecule has 0 spiro atoms. The highest BCUT2D eigenvalue weighted by Crippen LogP contribution is 2.30. The highest BCUT2D eigenvalue weighted by molar-refractivity contribution is 5.92. The van der Waals surface area contributed by atoms with Crippen LogP contribution >= 0.6 is 0 Å². The average Bonchev–Trinajstić information content (AvgIpc) is 2.47. The van der Waals surface area contributed by atoms with E-state index in [4.69, 9.17) is 4.74 Å². The first kappa shape index (κ1) is 13.1. The molecule has 2 heterocycles. The number of ether oxygens (including phenoxy) is 1. The van der Waals surface area contributed by atoms with Gasteiger partial charge < -0.3 is 9.84 Å². The average molecular weight is 280 g/mol. The van der Waals surface area contributed by atoms with Gasteiger partial charge in [-0.1, -0.05) is 6.07 Å². The topological polar surface area (TPSA) is 72.3 Å². The molecule has 1 aromatic carbocycles. The fourth-order valence-electron chi connectivity index (χ4n) is 2.14. The van der Waals surface area contributed by atoms with Crippen molar-refractivity contribution < 1.29 is 14.6 Å². The quantitative estimate of drug-likeness (QED) is 0.795. The molecule has 0 fully saturated rings. The number of carboxylic acid groups (broad SMARTS) is 1. The molecule has 0 amide bonds. The van der Waals surface area contributed by atoms with E-state index >= 15 is 0 Å². The van der Waals surface area contributed by atoms with Crippen LogP contribution < -0.4 is 4.74 Å². The minimum atomic E-state index is -1.06. The fraction of sp³-hybridized carbons (Fsp3) is 0.0625. The number of aromatic carboxylic acids is 1. The van der Waals surface area contributed by atoms with Crippen LogP contribution in [0.1, 0.15) is 15.9 Å². The van der Waals surface area contributed by atoms with Crippen LogP contribution in [0.25, 0.3) is 10.9 Å². The van der Waals surface area contributed by atoms with Crippen molar-refractivity contribution in [2.45, 2.75) is 6.92 Å². The molecule has 3 rings (SSSR count). The van der Waals surface area contributed by atoms with Gasteiger partial charge >= 0.3 is 5.97 Å². The summed E-state index contributed by atoms with van der Waals surface area (Å²) in [6, 6.07) is 10.7. The summed E-state index contributed by atoms with van der Waals surface area (Å²) >= 11 is 0. The van der Waals surface area contributed by atoms with Gasteiger partial charge in [-0.2, -0.15) is 0 Å². The number of hydrogen-bond acceptors (Lipinski definition) is 4. The Balaban J connectivity index is 2.12. The number of carboxylic acids is 1. The normalized spacial score (nSPS) is 10.5. The summed E-state index contributed by atoms with van der Waals surface area (Å²) in [4.78, 5) is 19.6. The lowest BCUT2D eigenvalue weighted by Crippen LogP contribution is -2.04. The molecule has 2 aromatic heterocycles. The number of pyridine rings is 2. The Morgan fingerprint density at radius 1 is 1.10 bits per heavy atom. The van der Waals surface area contributed by atoms with E-state index in [1.165, 1.54) is 6.20 Å². The number of benzene rings is 1. The summed E-state index contributed by atoms with van der Waals surface area (Å²) in [5.74, 6) is -0.450. The molecule has 3 aromatic rings. The zero-order chi connectivity index (χ0) is 14.8. The SMILES string of the molecule is Cc1ccnc(Oc2cccc3ncccc23)c1C(=O)O. The second-order valence-corrected chi connectivity index (χ2v) is 4.54. The molecule has 0 atom stereocenters. The second-order valence-electron chi connectivity index (χ2n) is 4.54. The second kappa shape index (κ2) is 5.20. The number of carbonyl (C=O) groups is 1. The smallest absolute Gasteiger partial charge is 0.341 e. The third-order valence-electron chi connectivity index (χ3n) is 3.15. The number of fused-ring (bicyclic) bond motifs is 1. The third-order valence-corrected chi connectivity index (χ3v) is 3.15. The van der Waals surface area contributed by atoms with Gasteiger partial charge in [-0.25, -0.2) is 9.78 Å². The molecule has 5 heteroatoms. The Kier molecular flexibility index (Phi) is 3.23. The van der Waals surface area contributed by atoms with Crippen LogP contribution in [0.5, 0.6) is 11.6 Å². The Morgan fingerprint density at radius 3 is 2.76 bits per heavy atom. The molecule has 0 saturated heterocycles. The summed E-state index contributed by atoms with van der Waals surface area (Å²) in [6.45, 7) is 1.71. The zero-order valence-electron chi connectivity index (χ0n) is 11.3. The van der Waals surface area contributed by atoms with Crippen LogP contribution in [-0.4, -0.2) is 21.0 Å². The first-order valence-electron chi connectivity index (χ1n) is 6.37. The summed E-state index contributed by atoms with van der Waals surface area (Å²) in [5, 5.41) is 10.1. The fourth-order valence-corrected chi connectivity index (χ4v) is 2.14. The van der Waals surface area contributed by atoms with Crippen molar-refractivity contribution in [3.05, 3.63) is 59.9 Å². The van der Waals surface area contributed by atoms with Gasteiger partial charge in [-0.05, 0) is 42.8 Å². The zero-order valence-corrected chi connectivity index (χ0v) is 11.3. The van der Waals surface area contributed by atoms with Crippen molar-refractivity contribution in [1.82, 2.24) is 9.97 Å². The van der Waals surface area contributed by atoms with E-state index in [0.717, 1.165) is 10.9 Å². The molecule has 5 nitrogen and oxygen atoms in total. The molecule has 21 heavy (non-hydrogen) atoms. The van der Waals surface area contributed by atoms with E-state index in [1.54, 1.807) is 37.4 Å². The van der Waals surface area contributed by atoms with Gasteiger partial charge in [0.05, 0.1) is 5.52 Å². The van der Waals surface area contributed by atoms with Gasteiger partial charge in [0.1, 0.15) is 11.3 Å². The van der Waals surface area contributed by atoms with E-state index in [1.807, 2.05) is 12.1 Å². The van der Waals surface area contributed by atoms with Crippen molar-refractivity contribution in [1.29, 1.82) is 0 Å². The number of aryl methyl sites for hydroxylation is 1. The maximum absolute atomic E-state index is 11.4. The Bertz CT molecular complexity index is 825. The molecule has 0 aliphatic carbocycles. The number of nitrogens with zero attached hydrogens (tertiary/aromatic N) is 2. The first-order chi connectivity index (χ1) is 10.2. The van der Waals surface area contributed by atoms with Crippen LogP contribution in [0, 0.1) is 6.92 Å². The summed E-state index contributed by atoms with van der Waals surface area (Å²) in [7, 11) is 0. The molecular weight excluding hydrogens is 268 g/mol. The standard InChI is InChI=1S/C16H12N2O3/c1-10-7-9-18-15(14(10)16(19)20)21-13-6-2-5-12-11(13)4-3-8-17-12/h2-9H,1H3,(H,19,20). The lowest BCUT2D eigenvalue weighted by atomic mass is 10.1. The third kappa shape index (κ3) is 2.41. The molecule has 0 aliphatic rings. The minimum Gasteiger partial charge on any atom is -0.477 e. The van der Waals surface area contributed by atoms with Gasteiger partial charge in [0.2, 0.25) is 5.88 Å². The lowest BCUT2D eigenvalue weighted by Gasteiger charge is -2.11. The molecule has 0 unspecified atom stereocenters. The van der Waals surface area contributed by atoms with E-state index in [9.17, 15) is 9.90 Å². The Morgan fingerprint density at radius 2 is 1.95 bits per heavy atom. The number of rotatable bonds is 3. The van der Waals surface area contributed by atoms with Crippen molar-refractivity contribution >= 4 is 16.9 Å². The van der Waals surface area contributed by atoms with E-state index in [-0.39, 0.29) is 11.4 Å². The van der Waals surface area contributed by atoms with Crippen molar-refractivity contribution in [3.8, 4) is 11.6 Å². The van der Waals surface area contributed by atoms with Gasteiger partial charge in [-0.15, -0.1) is 0 Å². The largest absolute Gasteiger partial charge is 0.477 e. The molecule has 0 saturated carbocycles. The predicted octanol–water partition coefficient (Wildman–Crippen LogP) is 3.43. The van der Waals surface area contributed by atoms with E-state index in [2.05, 4.69) is 9.97 Å². The van der Waals surface area contributed by atoms with Crippen molar-refractivity contribution in [3.63, 3.8) is 0 Å². The predicted molar refractivity (Wildman–Crippen MR) is 77.8 cm³/mol.